The number of benzene rings is 2. The molecule has 9 nitrogen and oxygen atoms in total. The lowest BCUT2D eigenvalue weighted by molar-refractivity contribution is -0.384. The summed E-state index contributed by atoms with van der Waals surface area (Å²) in [5.41, 5.74) is 0.564. The van der Waals surface area contributed by atoms with Gasteiger partial charge in [0, 0.05) is 44.4 Å². The van der Waals surface area contributed by atoms with Gasteiger partial charge < -0.3 is 19.5 Å². The standard InChI is InChI=1S/C21H25N3O6/c1-29-19-7-5-16(6-8-19)21(26)23-11-9-22(10-12-23)14-18(25)15-30-20-4-2-3-17(13-20)24(27)28/h2-8,13,18,25H,9-12,14-15H2,1H3. The Labute approximate surface area is 174 Å². The summed E-state index contributed by atoms with van der Waals surface area (Å²) < 4.78 is 10.6. The third kappa shape index (κ3) is 5.68. The normalized spacial score (nSPS) is 15.5. The molecule has 1 heterocycles. The molecule has 1 aliphatic heterocycles. The molecule has 1 unspecified atom stereocenters. The first-order valence-corrected chi connectivity index (χ1v) is 9.67. The second-order valence-corrected chi connectivity index (χ2v) is 7.04. The average Bonchev–Trinajstić information content (AvgIpc) is 2.78. The van der Waals surface area contributed by atoms with Crippen LogP contribution >= 0.6 is 0 Å². The topological polar surface area (TPSA) is 105 Å². The molecule has 0 bridgehead atoms. The van der Waals surface area contributed by atoms with E-state index in [0.29, 0.717) is 49.8 Å². The number of ether oxygens (including phenoxy) is 2. The highest BCUT2D eigenvalue weighted by Crippen LogP contribution is 2.19. The molecule has 0 spiro atoms. The maximum absolute atomic E-state index is 12.6. The van der Waals surface area contributed by atoms with E-state index in [2.05, 4.69) is 4.90 Å². The lowest BCUT2D eigenvalue weighted by Gasteiger charge is -2.35. The second-order valence-electron chi connectivity index (χ2n) is 7.04. The van der Waals surface area contributed by atoms with Crippen molar-refractivity contribution in [3.63, 3.8) is 0 Å². The fourth-order valence-electron chi connectivity index (χ4n) is 3.28. The number of β-amino-alcohol motifs (C(OH)–C–C–N with tert-alkyl or cyclic N) is 1. The number of aliphatic hydroxyl groups is 1. The number of rotatable bonds is 8. The van der Waals surface area contributed by atoms with Gasteiger partial charge in [0.25, 0.3) is 11.6 Å². The maximum Gasteiger partial charge on any atom is 0.273 e. The number of aliphatic hydroxyl groups excluding tert-OH is 1. The molecule has 0 radical (unpaired) electrons. The van der Waals surface area contributed by atoms with Gasteiger partial charge >= 0.3 is 0 Å². The van der Waals surface area contributed by atoms with E-state index in [1.165, 1.54) is 12.1 Å². The first-order chi connectivity index (χ1) is 14.5. The highest BCUT2D eigenvalue weighted by atomic mass is 16.6. The van der Waals surface area contributed by atoms with Gasteiger partial charge in [0.2, 0.25) is 0 Å². The Bertz CT molecular complexity index is 865. The minimum atomic E-state index is -0.742. The molecular weight excluding hydrogens is 390 g/mol. The molecule has 1 fully saturated rings. The number of piperazine rings is 1. The number of hydrogen-bond acceptors (Lipinski definition) is 7. The van der Waals surface area contributed by atoms with Crippen molar-refractivity contribution in [2.24, 2.45) is 0 Å². The second kappa shape index (κ2) is 10.0. The Kier molecular flexibility index (Phi) is 7.21. The monoisotopic (exact) mass is 415 g/mol. The Balaban J connectivity index is 1.43. The summed E-state index contributed by atoms with van der Waals surface area (Å²) in [6.07, 6.45) is -0.742. The number of amides is 1. The number of carbonyl (C=O) groups is 1. The zero-order chi connectivity index (χ0) is 21.5. The highest BCUT2D eigenvalue weighted by Gasteiger charge is 2.23. The molecule has 0 aromatic heterocycles. The van der Waals surface area contributed by atoms with Crippen LogP contribution in [-0.4, -0.2) is 78.3 Å². The third-order valence-corrected chi connectivity index (χ3v) is 4.94. The molecule has 0 aliphatic carbocycles. The summed E-state index contributed by atoms with van der Waals surface area (Å²) in [7, 11) is 1.58. The fourth-order valence-corrected chi connectivity index (χ4v) is 3.28. The van der Waals surface area contributed by atoms with Gasteiger partial charge in [-0.05, 0) is 30.3 Å². The van der Waals surface area contributed by atoms with E-state index in [1.54, 1.807) is 48.4 Å². The van der Waals surface area contributed by atoms with Crippen LogP contribution < -0.4 is 9.47 Å². The van der Waals surface area contributed by atoms with Crippen LogP contribution in [0.4, 0.5) is 5.69 Å². The van der Waals surface area contributed by atoms with Gasteiger partial charge in [-0.3, -0.25) is 19.8 Å². The molecule has 160 valence electrons. The fraction of sp³-hybridized carbons (Fsp3) is 0.381. The minimum absolute atomic E-state index is 0.0214. The van der Waals surface area contributed by atoms with Crippen molar-refractivity contribution >= 4 is 11.6 Å². The summed E-state index contributed by atoms with van der Waals surface area (Å²) >= 11 is 0. The van der Waals surface area contributed by atoms with Gasteiger partial charge in [0.15, 0.2) is 0 Å². The van der Waals surface area contributed by atoms with Gasteiger partial charge in [0.1, 0.15) is 24.2 Å². The Morgan fingerprint density at radius 3 is 2.47 bits per heavy atom. The van der Waals surface area contributed by atoms with E-state index in [0.717, 1.165) is 0 Å². The van der Waals surface area contributed by atoms with Gasteiger partial charge in [-0.15, -0.1) is 0 Å². The van der Waals surface area contributed by atoms with E-state index in [-0.39, 0.29) is 18.2 Å². The lowest BCUT2D eigenvalue weighted by atomic mass is 10.1. The SMILES string of the molecule is COc1ccc(C(=O)N2CCN(CC(O)COc3cccc([N+](=O)[O-])c3)CC2)cc1. The summed E-state index contributed by atoms with van der Waals surface area (Å²) in [5.74, 6) is 1.03. The van der Waals surface area contributed by atoms with Crippen molar-refractivity contribution in [1.82, 2.24) is 9.80 Å². The Morgan fingerprint density at radius 1 is 1.13 bits per heavy atom. The van der Waals surface area contributed by atoms with Crippen molar-refractivity contribution in [2.45, 2.75) is 6.10 Å². The number of methoxy groups -OCH3 is 1. The largest absolute Gasteiger partial charge is 0.497 e. The predicted molar refractivity (Wildman–Crippen MR) is 110 cm³/mol. The van der Waals surface area contributed by atoms with Gasteiger partial charge in [-0.25, -0.2) is 0 Å². The van der Waals surface area contributed by atoms with E-state index in [9.17, 15) is 20.0 Å². The van der Waals surface area contributed by atoms with Gasteiger partial charge in [-0.2, -0.15) is 0 Å². The molecule has 9 heteroatoms. The predicted octanol–water partition coefficient (Wildman–Crippen LogP) is 1.80. The van der Waals surface area contributed by atoms with Crippen LogP contribution in [0.25, 0.3) is 0 Å². The Hall–Kier alpha value is -3.17. The van der Waals surface area contributed by atoms with Crippen molar-refractivity contribution in [2.75, 3.05) is 46.4 Å². The zero-order valence-corrected chi connectivity index (χ0v) is 16.8. The number of non-ortho nitro benzene ring substituents is 1. The number of carbonyl (C=O) groups excluding carboxylic acids is 1. The summed E-state index contributed by atoms with van der Waals surface area (Å²) in [6, 6.07) is 12.9. The number of nitrogens with zero attached hydrogens (tertiary/aromatic N) is 3. The Morgan fingerprint density at radius 2 is 1.83 bits per heavy atom. The quantitative estimate of drug-likeness (QED) is 0.518. The first-order valence-electron chi connectivity index (χ1n) is 9.67. The van der Waals surface area contributed by atoms with Crippen molar-refractivity contribution < 1.29 is 24.3 Å². The van der Waals surface area contributed by atoms with E-state index < -0.39 is 11.0 Å². The number of nitro groups is 1. The highest BCUT2D eigenvalue weighted by molar-refractivity contribution is 5.94. The minimum Gasteiger partial charge on any atom is -0.497 e. The molecule has 0 saturated carbocycles. The van der Waals surface area contributed by atoms with E-state index >= 15 is 0 Å². The van der Waals surface area contributed by atoms with E-state index in [1.807, 2.05) is 0 Å². The summed E-state index contributed by atoms with van der Waals surface area (Å²) in [4.78, 5) is 26.8. The summed E-state index contributed by atoms with van der Waals surface area (Å²) in [5, 5.41) is 21.1. The third-order valence-electron chi connectivity index (χ3n) is 4.94. The smallest absolute Gasteiger partial charge is 0.273 e. The van der Waals surface area contributed by atoms with Crippen LogP contribution in [-0.2, 0) is 0 Å². The van der Waals surface area contributed by atoms with Crippen LogP contribution in [0, 0.1) is 10.1 Å². The van der Waals surface area contributed by atoms with Crippen molar-refractivity contribution in [3.8, 4) is 11.5 Å². The van der Waals surface area contributed by atoms with Crippen LogP contribution in [0.2, 0.25) is 0 Å². The molecule has 1 saturated heterocycles. The molecule has 1 atom stereocenters. The van der Waals surface area contributed by atoms with Gasteiger partial charge in [0.05, 0.1) is 18.1 Å². The van der Waals surface area contributed by atoms with Crippen LogP contribution in [0.3, 0.4) is 0 Å². The zero-order valence-electron chi connectivity index (χ0n) is 16.8. The van der Waals surface area contributed by atoms with Crippen LogP contribution in [0.1, 0.15) is 10.4 Å². The number of hydrogen-bond donors (Lipinski definition) is 1. The maximum atomic E-state index is 12.6. The molecule has 1 aliphatic rings. The first kappa shape index (κ1) is 21.5. The molecule has 30 heavy (non-hydrogen) atoms. The summed E-state index contributed by atoms with van der Waals surface area (Å²) in [6.45, 7) is 2.88. The molecule has 1 N–H and O–H groups in total. The van der Waals surface area contributed by atoms with Crippen LogP contribution in [0.5, 0.6) is 11.5 Å². The number of nitro benzene ring substituents is 1. The van der Waals surface area contributed by atoms with E-state index in [4.69, 9.17) is 9.47 Å². The molecule has 1 amide bonds. The molecular formula is C21H25N3O6. The lowest BCUT2D eigenvalue weighted by Crippen LogP contribution is -2.50. The molecule has 3 rings (SSSR count). The van der Waals surface area contributed by atoms with Crippen molar-refractivity contribution in [1.29, 1.82) is 0 Å². The van der Waals surface area contributed by atoms with Crippen molar-refractivity contribution in [3.05, 3.63) is 64.2 Å². The van der Waals surface area contributed by atoms with Crippen LogP contribution in [0.15, 0.2) is 48.5 Å². The average molecular weight is 415 g/mol. The molecule has 2 aromatic carbocycles. The molecule has 2 aromatic rings. The van der Waals surface area contributed by atoms with Gasteiger partial charge in [-0.1, -0.05) is 6.07 Å².